The van der Waals surface area contributed by atoms with Crippen molar-refractivity contribution in [2.24, 2.45) is 5.92 Å². The van der Waals surface area contributed by atoms with E-state index in [9.17, 15) is 9.90 Å². The van der Waals surface area contributed by atoms with Crippen molar-refractivity contribution in [3.8, 4) is 23.1 Å². The molecule has 1 aromatic heterocycles. The zero-order chi connectivity index (χ0) is 17.9. The Bertz CT molecular complexity index is 868. The van der Waals surface area contributed by atoms with Gasteiger partial charge in [-0.25, -0.2) is 9.48 Å². The van der Waals surface area contributed by atoms with Crippen LogP contribution in [0.25, 0.3) is 11.3 Å². The Morgan fingerprint density at radius 3 is 2.92 bits per heavy atom. The summed E-state index contributed by atoms with van der Waals surface area (Å²) in [6.45, 7) is 1.43. The van der Waals surface area contributed by atoms with Crippen LogP contribution in [0.3, 0.4) is 0 Å². The molecule has 134 valence electrons. The number of ether oxygens (including phenoxy) is 1. The molecule has 1 atom stereocenters. The van der Waals surface area contributed by atoms with Gasteiger partial charge in [0, 0.05) is 23.7 Å². The van der Waals surface area contributed by atoms with Gasteiger partial charge >= 0.3 is 5.97 Å². The van der Waals surface area contributed by atoms with Gasteiger partial charge in [-0.1, -0.05) is 23.1 Å². The van der Waals surface area contributed by atoms with Gasteiger partial charge in [-0.05, 0) is 44.2 Å². The first-order chi connectivity index (χ1) is 12.7. The van der Waals surface area contributed by atoms with Crippen molar-refractivity contribution in [3.05, 3.63) is 35.5 Å². The Labute approximate surface area is 152 Å². The Balaban J connectivity index is 1.56. The van der Waals surface area contributed by atoms with Crippen LogP contribution in [-0.2, 0) is 11.3 Å². The molecule has 2 heterocycles. The highest BCUT2D eigenvalue weighted by Crippen LogP contribution is 2.28. The van der Waals surface area contributed by atoms with E-state index in [1.54, 1.807) is 23.0 Å². The molecule has 26 heavy (non-hydrogen) atoms. The summed E-state index contributed by atoms with van der Waals surface area (Å²) in [6, 6.07) is 5.24. The maximum atomic E-state index is 11.7. The van der Waals surface area contributed by atoms with E-state index >= 15 is 0 Å². The zero-order valence-electron chi connectivity index (χ0n) is 14.5. The molecular weight excluding hydrogens is 330 g/mol. The highest BCUT2D eigenvalue weighted by molar-refractivity contribution is 5.95. The SMILES string of the molecule is O=C(O)c1cc(C#CC2CC2)ccc1-c1cn(C[C@@H]2CCCCO2)nn1. The average Bonchev–Trinajstić information content (AvgIpc) is 3.38. The lowest BCUT2D eigenvalue weighted by molar-refractivity contribution is 0.00370. The van der Waals surface area contributed by atoms with E-state index in [4.69, 9.17) is 4.74 Å². The monoisotopic (exact) mass is 351 g/mol. The second-order valence-corrected chi connectivity index (χ2v) is 6.92. The van der Waals surface area contributed by atoms with Gasteiger partial charge in [0.1, 0.15) is 5.69 Å². The van der Waals surface area contributed by atoms with Gasteiger partial charge in [-0.15, -0.1) is 5.10 Å². The minimum absolute atomic E-state index is 0.150. The molecule has 2 aliphatic rings. The number of benzene rings is 1. The fourth-order valence-electron chi connectivity index (χ4n) is 3.11. The number of carboxylic acids is 1. The van der Waals surface area contributed by atoms with Crippen molar-refractivity contribution in [2.75, 3.05) is 6.61 Å². The van der Waals surface area contributed by atoms with E-state index in [1.807, 2.05) is 6.07 Å². The predicted octanol–water partition coefficient (Wildman–Crippen LogP) is 2.97. The van der Waals surface area contributed by atoms with Crippen LogP contribution < -0.4 is 0 Å². The summed E-state index contributed by atoms with van der Waals surface area (Å²) in [5, 5.41) is 17.9. The van der Waals surface area contributed by atoms with Crippen molar-refractivity contribution in [1.82, 2.24) is 15.0 Å². The molecule has 0 bridgehead atoms. The van der Waals surface area contributed by atoms with E-state index in [-0.39, 0.29) is 11.7 Å². The van der Waals surface area contributed by atoms with Crippen molar-refractivity contribution in [2.45, 2.75) is 44.8 Å². The van der Waals surface area contributed by atoms with Gasteiger partial charge in [0.25, 0.3) is 0 Å². The number of aromatic nitrogens is 3. The predicted molar refractivity (Wildman–Crippen MR) is 95.6 cm³/mol. The van der Waals surface area contributed by atoms with Gasteiger partial charge in [-0.3, -0.25) is 0 Å². The highest BCUT2D eigenvalue weighted by Gasteiger charge is 2.19. The lowest BCUT2D eigenvalue weighted by Gasteiger charge is -2.21. The lowest BCUT2D eigenvalue weighted by atomic mass is 10.0. The van der Waals surface area contributed by atoms with Crippen LogP contribution in [0.5, 0.6) is 0 Å². The van der Waals surface area contributed by atoms with E-state index in [0.717, 1.165) is 37.9 Å². The summed E-state index contributed by atoms with van der Waals surface area (Å²) in [5.74, 6) is 5.72. The number of carbonyl (C=O) groups is 1. The topological polar surface area (TPSA) is 77.2 Å². The quantitative estimate of drug-likeness (QED) is 0.857. The molecular formula is C20H21N3O3. The Kier molecular flexibility index (Phi) is 4.72. The number of nitrogens with zero attached hydrogens (tertiary/aromatic N) is 3. The molecule has 2 fully saturated rings. The summed E-state index contributed by atoms with van der Waals surface area (Å²) < 4.78 is 7.46. The van der Waals surface area contributed by atoms with Gasteiger partial charge < -0.3 is 9.84 Å². The summed E-state index contributed by atoms with van der Waals surface area (Å²) in [7, 11) is 0. The molecule has 0 radical (unpaired) electrons. The second-order valence-electron chi connectivity index (χ2n) is 6.92. The summed E-state index contributed by atoms with van der Waals surface area (Å²) in [4.78, 5) is 11.7. The van der Waals surface area contributed by atoms with Crippen LogP contribution in [-0.4, -0.2) is 38.8 Å². The molecule has 0 unspecified atom stereocenters. The van der Waals surface area contributed by atoms with E-state index in [1.165, 1.54) is 6.42 Å². The molecule has 1 aliphatic carbocycles. The van der Waals surface area contributed by atoms with Crippen molar-refractivity contribution in [3.63, 3.8) is 0 Å². The van der Waals surface area contributed by atoms with E-state index < -0.39 is 5.97 Å². The summed E-state index contributed by atoms with van der Waals surface area (Å²) in [5.41, 5.74) is 2.04. The zero-order valence-corrected chi connectivity index (χ0v) is 14.5. The van der Waals surface area contributed by atoms with Gasteiger partial charge in [0.2, 0.25) is 0 Å². The van der Waals surface area contributed by atoms with Crippen LogP contribution in [0, 0.1) is 17.8 Å². The van der Waals surface area contributed by atoms with E-state index in [2.05, 4.69) is 22.2 Å². The van der Waals surface area contributed by atoms with E-state index in [0.29, 0.717) is 23.7 Å². The highest BCUT2D eigenvalue weighted by atomic mass is 16.5. The summed E-state index contributed by atoms with van der Waals surface area (Å²) >= 11 is 0. The molecule has 1 N–H and O–H groups in total. The third kappa shape index (κ3) is 3.94. The maximum absolute atomic E-state index is 11.7. The third-order valence-corrected chi connectivity index (χ3v) is 4.73. The Morgan fingerprint density at radius 2 is 2.19 bits per heavy atom. The van der Waals surface area contributed by atoms with Crippen molar-refractivity contribution in [1.29, 1.82) is 0 Å². The van der Waals surface area contributed by atoms with Gasteiger partial charge in [0.05, 0.1) is 24.4 Å². The normalized spacial score (nSPS) is 19.6. The fraction of sp³-hybridized carbons (Fsp3) is 0.450. The lowest BCUT2D eigenvalue weighted by Crippen LogP contribution is -2.24. The molecule has 1 aromatic carbocycles. The number of carboxylic acid groups (broad SMARTS) is 1. The van der Waals surface area contributed by atoms with Crippen LogP contribution >= 0.6 is 0 Å². The molecule has 0 spiro atoms. The number of hydrogen-bond acceptors (Lipinski definition) is 4. The number of aromatic carboxylic acids is 1. The Hall–Kier alpha value is -2.65. The van der Waals surface area contributed by atoms with Crippen LogP contribution in [0.1, 0.15) is 48.0 Å². The first-order valence-corrected chi connectivity index (χ1v) is 9.10. The minimum Gasteiger partial charge on any atom is -0.478 e. The van der Waals surface area contributed by atoms with Crippen molar-refractivity contribution >= 4 is 5.97 Å². The van der Waals surface area contributed by atoms with Gasteiger partial charge in [0.15, 0.2) is 0 Å². The average molecular weight is 351 g/mol. The number of rotatable bonds is 4. The first kappa shape index (κ1) is 16.8. The van der Waals surface area contributed by atoms with Crippen LogP contribution in [0.4, 0.5) is 0 Å². The molecule has 1 aliphatic heterocycles. The number of hydrogen-bond donors (Lipinski definition) is 1. The first-order valence-electron chi connectivity index (χ1n) is 9.10. The van der Waals surface area contributed by atoms with Crippen LogP contribution in [0.2, 0.25) is 0 Å². The molecule has 2 aromatic rings. The molecule has 6 nitrogen and oxygen atoms in total. The van der Waals surface area contributed by atoms with Crippen LogP contribution in [0.15, 0.2) is 24.4 Å². The molecule has 1 saturated heterocycles. The standard InChI is InChI=1S/C20H21N3O3/c24-20(25)18-11-15(7-6-14-4-5-14)8-9-17(18)19-13-23(22-21-19)12-16-3-1-2-10-26-16/h8-9,11,13-14,16H,1-5,10,12H2,(H,24,25)/t16-/m0/s1. The molecule has 6 heteroatoms. The molecule has 1 saturated carbocycles. The minimum atomic E-state index is -0.986. The fourth-order valence-corrected chi connectivity index (χ4v) is 3.11. The smallest absolute Gasteiger partial charge is 0.336 e. The second kappa shape index (κ2) is 7.30. The third-order valence-electron chi connectivity index (χ3n) is 4.73. The molecule has 4 rings (SSSR count). The van der Waals surface area contributed by atoms with Crippen molar-refractivity contribution < 1.29 is 14.6 Å². The maximum Gasteiger partial charge on any atom is 0.336 e. The summed E-state index contributed by atoms with van der Waals surface area (Å²) in [6.07, 6.45) is 7.52. The molecule has 0 amide bonds. The van der Waals surface area contributed by atoms with Gasteiger partial charge in [-0.2, -0.15) is 0 Å². The Morgan fingerprint density at radius 1 is 1.31 bits per heavy atom. The largest absolute Gasteiger partial charge is 0.478 e.